The van der Waals surface area contributed by atoms with Crippen LogP contribution in [-0.2, 0) is 0 Å². The Bertz CT molecular complexity index is 793. The quantitative estimate of drug-likeness (QED) is 0.777. The molecular weight excluding hydrogens is 285 g/mol. The van der Waals surface area contributed by atoms with Crippen LogP contribution in [0.5, 0.6) is 5.88 Å². The third kappa shape index (κ3) is 2.73. The van der Waals surface area contributed by atoms with Crippen molar-refractivity contribution in [2.24, 2.45) is 0 Å². The van der Waals surface area contributed by atoms with E-state index in [9.17, 15) is 9.50 Å². The van der Waals surface area contributed by atoms with Gasteiger partial charge in [-0.3, -0.25) is 5.32 Å². The number of nitrogens with one attached hydrogen (secondary N) is 1. The van der Waals surface area contributed by atoms with Crippen molar-refractivity contribution in [3.63, 3.8) is 0 Å². The molecule has 7 heteroatoms. The number of imidazole rings is 1. The topological polar surface area (TPSA) is 75.9 Å². The number of hydrogen-bond acceptors (Lipinski definition) is 5. The summed E-state index contributed by atoms with van der Waals surface area (Å²) in [4.78, 5) is 12.6. The monoisotopic (exact) mass is 299 g/mol. The predicted molar refractivity (Wildman–Crippen MR) is 80.0 cm³/mol. The minimum absolute atomic E-state index is 0.0708. The molecule has 0 saturated carbocycles. The minimum Gasteiger partial charge on any atom is -0.493 e. The number of aromatic hydroxyl groups is 1. The molecule has 2 N–H and O–H groups in total. The second-order valence-corrected chi connectivity index (χ2v) is 4.85. The molecule has 0 atom stereocenters. The molecular formula is C15H14FN5O. The maximum atomic E-state index is 13.0. The van der Waals surface area contributed by atoms with E-state index in [4.69, 9.17) is 0 Å². The number of anilines is 2. The number of nitrogens with zero attached hydrogens (tertiary/aromatic N) is 4. The van der Waals surface area contributed by atoms with E-state index >= 15 is 0 Å². The fourth-order valence-corrected chi connectivity index (χ4v) is 2.16. The number of halogens is 1. The van der Waals surface area contributed by atoms with Crippen molar-refractivity contribution in [2.45, 2.75) is 13.8 Å². The van der Waals surface area contributed by atoms with Crippen LogP contribution in [0.2, 0.25) is 0 Å². The summed E-state index contributed by atoms with van der Waals surface area (Å²) in [5.74, 6) is 0.301. The van der Waals surface area contributed by atoms with Gasteiger partial charge in [-0.2, -0.15) is 0 Å². The molecule has 0 aliphatic heterocycles. The molecule has 3 rings (SSSR count). The molecule has 0 saturated heterocycles. The Morgan fingerprint density at radius 1 is 1.09 bits per heavy atom. The van der Waals surface area contributed by atoms with Crippen LogP contribution < -0.4 is 5.32 Å². The Morgan fingerprint density at radius 2 is 1.73 bits per heavy atom. The zero-order valence-corrected chi connectivity index (χ0v) is 12.1. The first kappa shape index (κ1) is 14.0. The summed E-state index contributed by atoms with van der Waals surface area (Å²) < 4.78 is 14.5. The molecule has 0 unspecified atom stereocenters. The average Bonchev–Trinajstić information content (AvgIpc) is 2.80. The number of rotatable bonds is 3. The third-order valence-electron chi connectivity index (χ3n) is 3.03. The largest absolute Gasteiger partial charge is 0.493 e. The second kappa shape index (κ2) is 5.44. The van der Waals surface area contributed by atoms with E-state index in [0.29, 0.717) is 17.6 Å². The zero-order valence-electron chi connectivity index (χ0n) is 12.1. The van der Waals surface area contributed by atoms with Gasteiger partial charge in [0, 0.05) is 11.4 Å². The fourth-order valence-electron chi connectivity index (χ4n) is 2.16. The first-order valence-electron chi connectivity index (χ1n) is 6.65. The van der Waals surface area contributed by atoms with Crippen LogP contribution >= 0.6 is 0 Å². The van der Waals surface area contributed by atoms with Crippen molar-refractivity contribution >= 4 is 11.9 Å². The van der Waals surface area contributed by atoms with Gasteiger partial charge >= 0.3 is 0 Å². The highest BCUT2D eigenvalue weighted by Gasteiger charge is 2.12. The van der Waals surface area contributed by atoms with Gasteiger partial charge in [-0.25, -0.2) is 23.9 Å². The molecule has 0 amide bonds. The molecule has 1 aromatic carbocycles. The van der Waals surface area contributed by atoms with E-state index in [-0.39, 0.29) is 11.7 Å². The Hall–Kier alpha value is -2.96. The number of aromatic nitrogens is 4. The minimum atomic E-state index is -0.351. The molecule has 2 heterocycles. The van der Waals surface area contributed by atoms with E-state index in [1.807, 2.05) is 19.9 Å². The average molecular weight is 299 g/mol. The molecule has 3 aromatic rings. The highest BCUT2D eigenvalue weighted by molar-refractivity contribution is 5.52. The lowest BCUT2D eigenvalue weighted by atomic mass is 10.3. The zero-order chi connectivity index (χ0) is 15.7. The Kier molecular flexibility index (Phi) is 3.46. The molecule has 6 nitrogen and oxygen atoms in total. The Labute approximate surface area is 126 Å². The summed E-state index contributed by atoms with van der Waals surface area (Å²) in [6.07, 6.45) is 1.30. The van der Waals surface area contributed by atoms with E-state index in [0.717, 1.165) is 11.4 Å². The molecule has 0 fully saturated rings. The fraction of sp³-hybridized carbons (Fsp3) is 0.133. The van der Waals surface area contributed by atoms with Crippen LogP contribution in [-0.4, -0.2) is 24.6 Å². The van der Waals surface area contributed by atoms with Crippen molar-refractivity contribution in [2.75, 3.05) is 5.32 Å². The van der Waals surface area contributed by atoms with Crippen molar-refractivity contribution < 1.29 is 9.50 Å². The highest BCUT2D eigenvalue weighted by atomic mass is 19.1. The van der Waals surface area contributed by atoms with E-state index in [1.165, 1.54) is 22.9 Å². The van der Waals surface area contributed by atoms with Crippen molar-refractivity contribution in [1.29, 1.82) is 0 Å². The molecule has 0 bridgehead atoms. The van der Waals surface area contributed by atoms with Crippen molar-refractivity contribution in [3.8, 4) is 11.6 Å². The van der Waals surface area contributed by atoms with Gasteiger partial charge in [-0.15, -0.1) is 0 Å². The second-order valence-electron chi connectivity index (χ2n) is 4.85. The summed E-state index contributed by atoms with van der Waals surface area (Å²) in [5, 5.41) is 12.9. The van der Waals surface area contributed by atoms with Gasteiger partial charge in [-0.1, -0.05) is 0 Å². The summed E-state index contributed by atoms with van der Waals surface area (Å²) in [6, 6.07) is 7.57. The Balaban J connectivity index is 2.00. The molecule has 22 heavy (non-hydrogen) atoms. The summed E-state index contributed by atoms with van der Waals surface area (Å²) in [7, 11) is 0. The molecule has 2 aromatic heterocycles. The molecule has 0 aliphatic carbocycles. The normalized spacial score (nSPS) is 10.7. The van der Waals surface area contributed by atoms with E-state index in [2.05, 4.69) is 20.3 Å². The van der Waals surface area contributed by atoms with E-state index < -0.39 is 0 Å². The molecule has 0 aliphatic rings. The predicted octanol–water partition coefficient (Wildman–Crippen LogP) is 2.87. The van der Waals surface area contributed by atoms with Gasteiger partial charge in [0.05, 0.1) is 11.9 Å². The van der Waals surface area contributed by atoms with Crippen molar-refractivity contribution in [1.82, 2.24) is 19.5 Å². The number of benzene rings is 1. The maximum Gasteiger partial charge on any atom is 0.229 e. The van der Waals surface area contributed by atoms with Gasteiger partial charge in [0.15, 0.2) is 0 Å². The van der Waals surface area contributed by atoms with Gasteiger partial charge < -0.3 is 5.11 Å². The first-order valence-corrected chi connectivity index (χ1v) is 6.65. The van der Waals surface area contributed by atoms with Crippen LogP contribution in [0, 0.1) is 19.7 Å². The standard InChI is InChI=1S/C15H14FN5O/c1-9-7-10(2)19-14(18-9)20-15-17-8-13(22)21(15)12-5-3-11(16)4-6-12/h3-8,22H,1-2H3,(H,17,18,19,20). The van der Waals surface area contributed by atoms with Gasteiger partial charge in [0.2, 0.25) is 17.8 Å². The lowest BCUT2D eigenvalue weighted by Gasteiger charge is -2.10. The third-order valence-corrected chi connectivity index (χ3v) is 3.03. The number of hydrogen-bond donors (Lipinski definition) is 2. The summed E-state index contributed by atoms with van der Waals surface area (Å²) in [5.41, 5.74) is 2.21. The smallest absolute Gasteiger partial charge is 0.229 e. The van der Waals surface area contributed by atoms with Crippen molar-refractivity contribution in [3.05, 3.63) is 53.7 Å². The van der Waals surface area contributed by atoms with Crippen LogP contribution in [0.1, 0.15) is 11.4 Å². The highest BCUT2D eigenvalue weighted by Crippen LogP contribution is 2.25. The van der Waals surface area contributed by atoms with Crippen LogP contribution in [0.3, 0.4) is 0 Å². The summed E-state index contributed by atoms with van der Waals surface area (Å²) >= 11 is 0. The van der Waals surface area contributed by atoms with Crippen LogP contribution in [0.25, 0.3) is 5.69 Å². The van der Waals surface area contributed by atoms with Gasteiger partial charge in [0.1, 0.15) is 5.82 Å². The molecule has 0 spiro atoms. The maximum absolute atomic E-state index is 13.0. The summed E-state index contributed by atoms with van der Waals surface area (Å²) in [6.45, 7) is 3.73. The van der Waals surface area contributed by atoms with Crippen LogP contribution in [0.15, 0.2) is 36.5 Å². The Morgan fingerprint density at radius 3 is 2.36 bits per heavy atom. The SMILES string of the molecule is Cc1cc(C)nc(Nc2ncc(O)n2-c2ccc(F)cc2)n1. The van der Waals surface area contributed by atoms with Gasteiger partial charge in [-0.05, 0) is 44.2 Å². The lowest BCUT2D eigenvalue weighted by Crippen LogP contribution is -2.05. The first-order chi connectivity index (χ1) is 10.5. The molecule has 112 valence electrons. The number of aryl methyl sites for hydroxylation is 2. The lowest BCUT2D eigenvalue weighted by molar-refractivity contribution is 0.443. The van der Waals surface area contributed by atoms with Gasteiger partial charge in [0.25, 0.3) is 0 Å². The molecule has 0 radical (unpaired) electrons. The van der Waals surface area contributed by atoms with E-state index in [1.54, 1.807) is 12.1 Å². The van der Waals surface area contributed by atoms with Crippen LogP contribution in [0.4, 0.5) is 16.3 Å².